The summed E-state index contributed by atoms with van der Waals surface area (Å²) in [7, 11) is 0. The molecule has 0 aromatic rings. The first-order valence-electron chi connectivity index (χ1n) is 3.45. The molecule has 0 bridgehead atoms. The highest BCUT2D eigenvalue weighted by Crippen LogP contribution is 2.33. The molecule has 0 saturated heterocycles. The third-order valence-electron chi connectivity index (χ3n) is 2.24. The molecule has 0 N–H and O–H groups in total. The lowest BCUT2D eigenvalue weighted by Crippen LogP contribution is -2.20. The van der Waals surface area contributed by atoms with Crippen molar-refractivity contribution in [2.45, 2.75) is 26.2 Å². The van der Waals surface area contributed by atoms with E-state index >= 15 is 0 Å². The predicted molar refractivity (Wildman–Crippen MR) is 40.4 cm³/mol. The minimum Gasteiger partial charge on any atom is -0.179 e. The van der Waals surface area contributed by atoms with Gasteiger partial charge < -0.3 is 0 Å². The van der Waals surface area contributed by atoms with Gasteiger partial charge in [0.15, 0.2) is 0 Å². The highest BCUT2D eigenvalue weighted by Gasteiger charge is 2.22. The standard InChI is InChI=1S/C7H14S/c1-6(5-8)7-3-2-4-7/h6-8H,2-5H2,1H3. The molecule has 1 atom stereocenters. The predicted octanol–water partition coefficient (Wildman–Crippen LogP) is 2.35. The van der Waals surface area contributed by atoms with Crippen molar-refractivity contribution in [3.8, 4) is 0 Å². The molecule has 1 fully saturated rings. The molecule has 0 heterocycles. The summed E-state index contributed by atoms with van der Waals surface area (Å²) in [6, 6.07) is 0. The van der Waals surface area contributed by atoms with Crippen molar-refractivity contribution in [3.63, 3.8) is 0 Å². The minimum atomic E-state index is 0.868. The number of thiol groups is 1. The Morgan fingerprint density at radius 2 is 2.25 bits per heavy atom. The summed E-state index contributed by atoms with van der Waals surface area (Å²) in [6.45, 7) is 2.30. The molecule has 8 heavy (non-hydrogen) atoms. The van der Waals surface area contributed by atoms with Crippen LogP contribution in [-0.4, -0.2) is 5.75 Å². The fourth-order valence-corrected chi connectivity index (χ4v) is 1.46. The number of hydrogen-bond donors (Lipinski definition) is 1. The molecule has 1 saturated carbocycles. The average molecular weight is 130 g/mol. The lowest BCUT2D eigenvalue weighted by atomic mass is 9.77. The van der Waals surface area contributed by atoms with Crippen molar-refractivity contribution in [1.82, 2.24) is 0 Å². The Balaban J connectivity index is 2.13. The molecule has 0 spiro atoms. The van der Waals surface area contributed by atoms with Crippen LogP contribution < -0.4 is 0 Å². The van der Waals surface area contributed by atoms with Gasteiger partial charge in [0, 0.05) is 0 Å². The van der Waals surface area contributed by atoms with Crippen LogP contribution in [0.15, 0.2) is 0 Å². The Kier molecular flexibility index (Phi) is 2.24. The summed E-state index contributed by atoms with van der Waals surface area (Å²) in [5.74, 6) is 2.96. The van der Waals surface area contributed by atoms with E-state index in [1.807, 2.05) is 0 Å². The maximum absolute atomic E-state index is 4.24. The van der Waals surface area contributed by atoms with Gasteiger partial charge in [0.2, 0.25) is 0 Å². The van der Waals surface area contributed by atoms with Gasteiger partial charge >= 0.3 is 0 Å². The summed E-state index contributed by atoms with van der Waals surface area (Å²) < 4.78 is 0. The van der Waals surface area contributed by atoms with Gasteiger partial charge in [0.05, 0.1) is 0 Å². The van der Waals surface area contributed by atoms with E-state index in [1.54, 1.807) is 0 Å². The summed E-state index contributed by atoms with van der Waals surface area (Å²) >= 11 is 4.24. The van der Waals surface area contributed by atoms with Crippen LogP contribution in [0, 0.1) is 11.8 Å². The maximum Gasteiger partial charge on any atom is -0.00695 e. The van der Waals surface area contributed by atoms with Crippen LogP contribution in [0.3, 0.4) is 0 Å². The molecule has 48 valence electrons. The summed E-state index contributed by atoms with van der Waals surface area (Å²) in [4.78, 5) is 0. The van der Waals surface area contributed by atoms with Gasteiger partial charge in [-0.3, -0.25) is 0 Å². The summed E-state index contributed by atoms with van der Waals surface area (Å²) in [5, 5.41) is 0. The Hall–Kier alpha value is 0.350. The first-order chi connectivity index (χ1) is 3.84. The SMILES string of the molecule is CC(CS)C1CCC1. The minimum absolute atomic E-state index is 0.868. The van der Waals surface area contributed by atoms with Crippen molar-refractivity contribution in [2.24, 2.45) is 11.8 Å². The largest absolute Gasteiger partial charge is 0.179 e. The number of rotatable bonds is 2. The average Bonchev–Trinajstić information content (AvgIpc) is 1.62. The highest BCUT2D eigenvalue weighted by molar-refractivity contribution is 7.80. The zero-order valence-corrected chi connectivity index (χ0v) is 6.32. The number of hydrogen-bond acceptors (Lipinski definition) is 1. The summed E-state index contributed by atoms with van der Waals surface area (Å²) in [6.07, 6.45) is 4.38. The Morgan fingerprint density at radius 1 is 1.62 bits per heavy atom. The zero-order valence-electron chi connectivity index (χ0n) is 5.43. The van der Waals surface area contributed by atoms with Crippen LogP contribution in [0.2, 0.25) is 0 Å². The molecule has 1 heteroatoms. The quantitative estimate of drug-likeness (QED) is 0.545. The van der Waals surface area contributed by atoms with E-state index in [4.69, 9.17) is 0 Å². The van der Waals surface area contributed by atoms with E-state index in [-0.39, 0.29) is 0 Å². The van der Waals surface area contributed by atoms with Crippen molar-refractivity contribution < 1.29 is 0 Å². The van der Waals surface area contributed by atoms with E-state index < -0.39 is 0 Å². The van der Waals surface area contributed by atoms with Gasteiger partial charge in [0.1, 0.15) is 0 Å². The molecular weight excluding hydrogens is 116 g/mol. The monoisotopic (exact) mass is 130 g/mol. The topological polar surface area (TPSA) is 0 Å². The van der Waals surface area contributed by atoms with Gasteiger partial charge in [-0.05, 0) is 17.6 Å². The van der Waals surface area contributed by atoms with Crippen LogP contribution in [0.1, 0.15) is 26.2 Å². The van der Waals surface area contributed by atoms with Crippen molar-refractivity contribution in [3.05, 3.63) is 0 Å². The zero-order chi connectivity index (χ0) is 5.98. The van der Waals surface area contributed by atoms with Crippen LogP contribution in [-0.2, 0) is 0 Å². The van der Waals surface area contributed by atoms with Crippen molar-refractivity contribution >= 4 is 12.6 Å². The van der Waals surface area contributed by atoms with E-state index in [2.05, 4.69) is 19.6 Å². The molecule has 0 aromatic carbocycles. The molecule has 0 aromatic heterocycles. The highest BCUT2D eigenvalue weighted by atomic mass is 32.1. The summed E-state index contributed by atoms with van der Waals surface area (Å²) in [5.41, 5.74) is 0. The van der Waals surface area contributed by atoms with E-state index in [0.717, 1.165) is 17.6 Å². The first-order valence-corrected chi connectivity index (χ1v) is 4.08. The molecule has 0 amide bonds. The van der Waals surface area contributed by atoms with E-state index in [0.29, 0.717) is 0 Å². The van der Waals surface area contributed by atoms with E-state index in [1.165, 1.54) is 19.3 Å². The van der Waals surface area contributed by atoms with Crippen LogP contribution in [0.4, 0.5) is 0 Å². The van der Waals surface area contributed by atoms with Crippen LogP contribution in [0.5, 0.6) is 0 Å². The lowest BCUT2D eigenvalue weighted by Gasteiger charge is -2.30. The van der Waals surface area contributed by atoms with Crippen LogP contribution >= 0.6 is 12.6 Å². The Bertz CT molecular complexity index is 64.0. The smallest absolute Gasteiger partial charge is 0.00695 e. The first kappa shape index (κ1) is 6.47. The lowest BCUT2D eigenvalue weighted by molar-refractivity contribution is 0.239. The maximum atomic E-state index is 4.24. The van der Waals surface area contributed by atoms with Gasteiger partial charge in [-0.2, -0.15) is 12.6 Å². The molecule has 0 radical (unpaired) electrons. The Labute approximate surface area is 57.1 Å². The molecule has 0 nitrogen and oxygen atoms in total. The van der Waals surface area contributed by atoms with E-state index in [9.17, 15) is 0 Å². The fourth-order valence-electron chi connectivity index (χ4n) is 1.16. The second-order valence-electron chi connectivity index (χ2n) is 2.85. The molecular formula is C7H14S. The normalized spacial score (nSPS) is 24.8. The molecule has 0 aliphatic heterocycles. The fraction of sp³-hybridized carbons (Fsp3) is 1.00. The Morgan fingerprint density at radius 3 is 2.38 bits per heavy atom. The molecule has 1 unspecified atom stereocenters. The third-order valence-corrected chi connectivity index (χ3v) is 2.82. The van der Waals surface area contributed by atoms with Gasteiger partial charge in [-0.1, -0.05) is 26.2 Å². The van der Waals surface area contributed by atoms with Gasteiger partial charge in [0.25, 0.3) is 0 Å². The third kappa shape index (κ3) is 1.19. The second-order valence-corrected chi connectivity index (χ2v) is 3.22. The van der Waals surface area contributed by atoms with Gasteiger partial charge in [-0.25, -0.2) is 0 Å². The van der Waals surface area contributed by atoms with Crippen LogP contribution in [0.25, 0.3) is 0 Å². The molecule has 1 aliphatic carbocycles. The van der Waals surface area contributed by atoms with Crippen molar-refractivity contribution in [2.75, 3.05) is 5.75 Å². The van der Waals surface area contributed by atoms with Gasteiger partial charge in [-0.15, -0.1) is 0 Å². The molecule has 1 rings (SSSR count). The molecule has 1 aliphatic rings. The second kappa shape index (κ2) is 2.77. The van der Waals surface area contributed by atoms with Crippen molar-refractivity contribution in [1.29, 1.82) is 0 Å².